The van der Waals surface area contributed by atoms with Gasteiger partial charge >= 0.3 is 5.97 Å². The fraction of sp³-hybridized carbons (Fsp3) is 0.696. The van der Waals surface area contributed by atoms with Crippen LogP contribution in [0, 0.1) is 10.8 Å². The monoisotopic (exact) mass is 436 g/mol. The summed E-state index contributed by atoms with van der Waals surface area (Å²) in [6, 6.07) is 0. The van der Waals surface area contributed by atoms with Crippen molar-refractivity contribution in [1.82, 2.24) is 0 Å². The lowest BCUT2D eigenvalue weighted by molar-refractivity contribution is -0.305. The van der Waals surface area contributed by atoms with Gasteiger partial charge in [-0.05, 0) is 45.1 Å². The first-order valence-electron chi connectivity index (χ1n) is 10.5. The fourth-order valence-electron chi connectivity index (χ4n) is 5.87. The second-order valence-electron chi connectivity index (χ2n) is 10.1. The lowest BCUT2D eigenvalue weighted by Crippen LogP contribution is -2.81. The molecule has 31 heavy (non-hydrogen) atoms. The number of Topliss-reactive ketones (excluding diaryl/α,β-unsaturated/α-hetero) is 1. The highest BCUT2D eigenvalue weighted by molar-refractivity contribution is 5.93. The molecule has 0 aromatic heterocycles. The normalized spacial score (nSPS) is 43.7. The average molecular weight is 437 g/mol. The molecule has 2 fully saturated rings. The zero-order valence-electron chi connectivity index (χ0n) is 18.8. The second kappa shape index (κ2) is 7.25. The largest absolute Gasteiger partial charge is 0.456 e. The van der Waals surface area contributed by atoms with Gasteiger partial charge in [-0.25, -0.2) is 4.79 Å². The van der Waals surface area contributed by atoms with Gasteiger partial charge in [0.05, 0.1) is 17.1 Å². The molecule has 8 heteroatoms. The van der Waals surface area contributed by atoms with Crippen molar-refractivity contribution in [2.75, 3.05) is 6.61 Å². The van der Waals surface area contributed by atoms with Crippen LogP contribution in [0.2, 0.25) is 0 Å². The van der Waals surface area contributed by atoms with Crippen LogP contribution < -0.4 is 0 Å². The van der Waals surface area contributed by atoms with E-state index in [1.54, 1.807) is 19.9 Å². The van der Waals surface area contributed by atoms with Crippen LogP contribution in [-0.2, 0) is 28.6 Å². The molecule has 0 aromatic rings. The van der Waals surface area contributed by atoms with E-state index in [1.807, 2.05) is 13.8 Å². The third-order valence-electron chi connectivity index (χ3n) is 7.65. The van der Waals surface area contributed by atoms with Gasteiger partial charge in [0.25, 0.3) is 6.47 Å². The quantitative estimate of drug-likeness (QED) is 0.379. The number of hydrogen-bond donors (Lipinski definition) is 2. The molecular formula is C23H32O8. The predicted octanol–water partition coefficient (Wildman–Crippen LogP) is 1.62. The number of hydrogen-bond acceptors (Lipinski definition) is 8. The highest BCUT2D eigenvalue weighted by Crippen LogP contribution is 2.64. The zero-order valence-corrected chi connectivity index (χ0v) is 18.8. The number of fused-ring (bicyclic) bond motifs is 3. The van der Waals surface area contributed by atoms with Crippen molar-refractivity contribution in [3.63, 3.8) is 0 Å². The van der Waals surface area contributed by atoms with Crippen LogP contribution in [0.4, 0.5) is 0 Å². The van der Waals surface area contributed by atoms with Crippen molar-refractivity contribution < 1.29 is 38.8 Å². The Bertz CT molecular complexity index is 847. The molecule has 1 heterocycles. The van der Waals surface area contributed by atoms with Gasteiger partial charge in [0, 0.05) is 6.42 Å². The van der Waals surface area contributed by atoms with Gasteiger partial charge in [-0.1, -0.05) is 25.5 Å². The molecule has 8 nitrogen and oxygen atoms in total. The van der Waals surface area contributed by atoms with Gasteiger partial charge in [0.2, 0.25) is 0 Å². The van der Waals surface area contributed by atoms with Gasteiger partial charge < -0.3 is 24.4 Å². The first-order valence-corrected chi connectivity index (χ1v) is 10.5. The van der Waals surface area contributed by atoms with E-state index in [-0.39, 0.29) is 12.9 Å². The summed E-state index contributed by atoms with van der Waals surface area (Å²) in [5.74, 6) is -1.36. The Morgan fingerprint density at radius 2 is 1.97 bits per heavy atom. The molecule has 0 amide bonds. The molecule has 0 radical (unpaired) electrons. The van der Waals surface area contributed by atoms with Crippen molar-refractivity contribution in [2.45, 2.75) is 82.9 Å². The van der Waals surface area contributed by atoms with Crippen molar-refractivity contribution in [3.05, 3.63) is 24.3 Å². The molecule has 1 saturated carbocycles. The molecule has 3 aliphatic rings. The Hall–Kier alpha value is -2.03. The van der Waals surface area contributed by atoms with E-state index < -0.39 is 58.2 Å². The third kappa shape index (κ3) is 3.10. The Labute approximate surface area is 182 Å². The molecule has 0 bridgehead atoms. The number of esters is 1. The number of ketones is 1. The zero-order chi connectivity index (χ0) is 23.5. The molecule has 0 unspecified atom stereocenters. The van der Waals surface area contributed by atoms with E-state index in [4.69, 9.17) is 9.47 Å². The van der Waals surface area contributed by atoms with Crippen LogP contribution in [0.25, 0.3) is 0 Å². The van der Waals surface area contributed by atoms with Gasteiger partial charge in [-0.3, -0.25) is 9.59 Å². The van der Waals surface area contributed by atoms with Gasteiger partial charge in [0.15, 0.2) is 24.1 Å². The first-order chi connectivity index (χ1) is 14.2. The Kier molecular flexibility index (Phi) is 5.53. The molecule has 0 spiro atoms. The van der Waals surface area contributed by atoms with E-state index in [0.717, 1.165) is 0 Å². The molecule has 0 aromatic carbocycles. The summed E-state index contributed by atoms with van der Waals surface area (Å²) >= 11 is 0. The summed E-state index contributed by atoms with van der Waals surface area (Å²) in [5, 5.41) is 23.3. The minimum absolute atomic E-state index is 0.131. The van der Waals surface area contributed by atoms with Gasteiger partial charge in [0.1, 0.15) is 5.60 Å². The molecule has 2 N–H and O–H groups in total. The summed E-state index contributed by atoms with van der Waals surface area (Å²) in [7, 11) is 0. The molecule has 1 saturated heterocycles. The molecule has 3 rings (SSSR count). The highest BCUT2D eigenvalue weighted by Gasteiger charge is 2.76. The number of carbonyl (C=O) groups excluding carboxylic acids is 3. The van der Waals surface area contributed by atoms with Crippen molar-refractivity contribution in [1.29, 1.82) is 0 Å². The predicted molar refractivity (Wildman–Crippen MR) is 110 cm³/mol. The lowest BCUT2D eigenvalue weighted by atomic mass is 9.44. The van der Waals surface area contributed by atoms with E-state index in [0.29, 0.717) is 18.4 Å². The summed E-state index contributed by atoms with van der Waals surface area (Å²) in [5.41, 5.74) is -6.22. The second-order valence-corrected chi connectivity index (χ2v) is 10.1. The average Bonchev–Trinajstić information content (AvgIpc) is 2.68. The maximum absolute atomic E-state index is 13.6. The third-order valence-corrected chi connectivity index (χ3v) is 7.65. The maximum atomic E-state index is 13.6. The molecular weight excluding hydrogens is 404 g/mol. The van der Waals surface area contributed by atoms with Crippen LogP contribution in [0.15, 0.2) is 24.3 Å². The summed E-state index contributed by atoms with van der Waals surface area (Å²) < 4.78 is 16.4. The van der Waals surface area contributed by atoms with E-state index >= 15 is 0 Å². The summed E-state index contributed by atoms with van der Waals surface area (Å²) in [6.45, 7) is 12.0. The molecule has 2 aliphatic carbocycles. The van der Waals surface area contributed by atoms with E-state index in [2.05, 4.69) is 11.3 Å². The summed E-state index contributed by atoms with van der Waals surface area (Å²) in [4.78, 5) is 36.4. The standard InChI is InChI=1S/C23H32O8/c1-7-20(4)11-16(26)23(28)21(5)14(19(2,3)9-8-15(21)25)10-17(22(23,6)31-20)30-18(27)12-29-13-24/h7,10,13,15,17,25,28H,1,8-9,11-12H2,2-6H3/t15-,17-,20-,21+,22+,23-/m0/s1. The van der Waals surface area contributed by atoms with Crippen LogP contribution in [0.1, 0.15) is 53.9 Å². The number of aliphatic hydroxyl groups excluding tert-OH is 1. The minimum Gasteiger partial charge on any atom is -0.456 e. The summed E-state index contributed by atoms with van der Waals surface area (Å²) in [6.07, 6.45) is 1.85. The van der Waals surface area contributed by atoms with Crippen molar-refractivity contribution in [3.8, 4) is 0 Å². The minimum atomic E-state index is -2.18. The van der Waals surface area contributed by atoms with Crippen LogP contribution in [0.5, 0.6) is 0 Å². The molecule has 172 valence electrons. The fourth-order valence-corrected chi connectivity index (χ4v) is 5.87. The SMILES string of the molecule is C=C[C@@]1(C)CC(=O)[C@@]2(O)[C@](C)(O1)[C@@H](OC(=O)COC=O)C=C1C(C)(C)CC[C@H](O)[C@@]12C. The number of carbonyl (C=O) groups is 3. The van der Waals surface area contributed by atoms with Crippen LogP contribution >= 0.6 is 0 Å². The van der Waals surface area contributed by atoms with E-state index in [1.165, 1.54) is 13.0 Å². The number of aliphatic hydroxyl groups is 2. The highest BCUT2D eigenvalue weighted by atomic mass is 16.6. The Morgan fingerprint density at radius 1 is 1.32 bits per heavy atom. The van der Waals surface area contributed by atoms with Crippen LogP contribution in [-0.4, -0.2) is 64.1 Å². The van der Waals surface area contributed by atoms with Crippen LogP contribution in [0.3, 0.4) is 0 Å². The van der Waals surface area contributed by atoms with Crippen molar-refractivity contribution in [2.24, 2.45) is 10.8 Å². The smallest absolute Gasteiger partial charge is 0.344 e. The molecule has 6 atom stereocenters. The maximum Gasteiger partial charge on any atom is 0.344 e. The Balaban J connectivity index is 2.25. The number of ether oxygens (including phenoxy) is 3. The van der Waals surface area contributed by atoms with Crippen molar-refractivity contribution >= 4 is 18.2 Å². The molecule has 1 aliphatic heterocycles. The van der Waals surface area contributed by atoms with Gasteiger partial charge in [-0.2, -0.15) is 0 Å². The number of rotatable bonds is 5. The topological polar surface area (TPSA) is 119 Å². The first kappa shape index (κ1) is 23.6. The van der Waals surface area contributed by atoms with Gasteiger partial charge in [-0.15, -0.1) is 6.58 Å². The Morgan fingerprint density at radius 3 is 2.55 bits per heavy atom. The van der Waals surface area contributed by atoms with E-state index in [9.17, 15) is 24.6 Å². The lowest BCUT2D eigenvalue weighted by Gasteiger charge is -2.66.